The van der Waals surface area contributed by atoms with Crippen molar-refractivity contribution in [3.05, 3.63) is 162 Å². The van der Waals surface area contributed by atoms with Gasteiger partial charge >= 0.3 is 6.85 Å². The van der Waals surface area contributed by atoms with Crippen LogP contribution < -0.4 is 15.1 Å². The van der Waals surface area contributed by atoms with E-state index in [4.69, 9.17) is 4.42 Å². The van der Waals surface area contributed by atoms with Crippen molar-refractivity contribution in [2.24, 2.45) is 0 Å². The van der Waals surface area contributed by atoms with Gasteiger partial charge < -0.3 is 13.8 Å². The van der Waals surface area contributed by atoms with Gasteiger partial charge in [-0.05, 0) is 116 Å². The predicted octanol–water partition coefficient (Wildman–Crippen LogP) is 17.1. The number of benzene rings is 8. The molecule has 0 unspecified atom stereocenters. The number of furan rings is 1. The van der Waals surface area contributed by atoms with Crippen molar-refractivity contribution in [3.63, 3.8) is 0 Å². The van der Waals surface area contributed by atoms with Crippen molar-refractivity contribution < 1.29 is 4.42 Å². The molecule has 0 radical (unpaired) electrons. The van der Waals surface area contributed by atoms with Gasteiger partial charge in [-0.25, -0.2) is 0 Å². The summed E-state index contributed by atoms with van der Waals surface area (Å²) in [5.41, 5.74) is 18.5. The predicted molar refractivity (Wildman–Crippen MR) is 297 cm³/mol. The first-order valence-corrected chi connectivity index (χ1v) is 25.7. The maximum Gasteiger partial charge on any atom is 0.343 e. The molecule has 0 bridgehead atoms. The van der Waals surface area contributed by atoms with Crippen molar-refractivity contribution in [2.75, 3.05) is 4.81 Å². The van der Waals surface area contributed by atoms with Crippen LogP contribution in [0.4, 0.5) is 11.4 Å². The average molecular weight is 915 g/mol. The Morgan fingerprint density at radius 1 is 0.500 bits per heavy atom. The number of para-hydroxylation sites is 1. The highest BCUT2D eigenvalue weighted by Crippen LogP contribution is 2.54. The van der Waals surface area contributed by atoms with Crippen LogP contribution in [-0.4, -0.2) is 11.4 Å². The summed E-state index contributed by atoms with van der Waals surface area (Å²) in [5.74, 6) is 0. The molecule has 0 atom stereocenters. The van der Waals surface area contributed by atoms with Crippen molar-refractivity contribution >= 4 is 125 Å². The summed E-state index contributed by atoms with van der Waals surface area (Å²) in [5, 5.41) is 8.73. The van der Waals surface area contributed by atoms with E-state index in [2.05, 4.69) is 217 Å². The van der Waals surface area contributed by atoms with E-state index in [0.717, 1.165) is 16.6 Å². The van der Waals surface area contributed by atoms with E-state index in [1.807, 2.05) is 22.7 Å². The highest BCUT2D eigenvalue weighted by molar-refractivity contribution is 7.32. The van der Waals surface area contributed by atoms with Gasteiger partial charge in [-0.3, -0.25) is 0 Å². The Hall–Kier alpha value is -6.60. The molecule has 68 heavy (non-hydrogen) atoms. The molecule has 6 heterocycles. The minimum absolute atomic E-state index is 0.0193. The number of thiophene rings is 2. The smallest absolute Gasteiger partial charge is 0.343 e. The lowest BCUT2D eigenvalue weighted by Crippen LogP contribution is -2.59. The molecule has 0 saturated heterocycles. The van der Waals surface area contributed by atoms with Crippen molar-refractivity contribution in [1.82, 2.24) is 4.57 Å². The lowest BCUT2D eigenvalue weighted by molar-refractivity contribution is 0.590. The largest absolute Gasteiger partial charge is 0.455 e. The SMILES string of the molecule is CC(C)(C)c1ccc(N2B3c4sc5ccc(-c6ccccc6)cc5c4-n4c5ccc(C(C)(C)C)cc5c5c6oc7ccccc7c6c(c3c54)-c3cc4sc5cc(C(C)(C)C)ccc5c4cc32)cc1. The molecule has 0 N–H and O–H groups in total. The maximum absolute atomic E-state index is 7.30. The van der Waals surface area contributed by atoms with Gasteiger partial charge in [-0.1, -0.05) is 147 Å². The van der Waals surface area contributed by atoms with Gasteiger partial charge in [0, 0.05) is 68.1 Å². The van der Waals surface area contributed by atoms with Gasteiger partial charge in [0.15, 0.2) is 0 Å². The second-order valence-corrected chi connectivity index (χ2v) is 24.7. The van der Waals surface area contributed by atoms with E-state index < -0.39 is 0 Å². The van der Waals surface area contributed by atoms with Crippen LogP contribution in [-0.2, 0) is 16.2 Å². The quantitative estimate of drug-likeness (QED) is 0.161. The molecule has 0 fully saturated rings. The molecule has 0 amide bonds. The molecule has 8 aromatic carbocycles. The van der Waals surface area contributed by atoms with Gasteiger partial charge in [0.25, 0.3) is 0 Å². The Bertz CT molecular complexity index is 4140. The Kier molecular flexibility index (Phi) is 8.07. The first-order chi connectivity index (χ1) is 32.6. The molecule has 4 aromatic heterocycles. The summed E-state index contributed by atoms with van der Waals surface area (Å²) < 4.78 is 15.3. The van der Waals surface area contributed by atoms with E-state index in [1.54, 1.807) is 0 Å². The van der Waals surface area contributed by atoms with Gasteiger partial charge in [0.2, 0.25) is 0 Å². The van der Waals surface area contributed by atoms with Crippen LogP contribution in [0, 0.1) is 0 Å². The standard InChI is InChI=1S/C62H51BN2OS2/c1-60(2,3)36-20-24-39(25-21-36)65-47-32-42-40-26-22-38(62(7,8)9)31-50(40)67-51(42)33-44(47)52-53-41-17-13-14-18-48(41)66-58(53)54-43-30-37(61(4,5)6)23-27-46(43)64-56-45-29-35(34-15-11-10-12-16-34)19-28-49(45)68-59(56)63(65)55(52)57(54)64/h10-33H,1-9H3. The topological polar surface area (TPSA) is 21.3 Å². The highest BCUT2D eigenvalue weighted by atomic mass is 32.1. The Balaban J connectivity index is 1.21. The minimum Gasteiger partial charge on any atom is -0.455 e. The lowest BCUT2D eigenvalue weighted by Gasteiger charge is -2.41. The number of rotatable bonds is 2. The number of nitrogens with zero attached hydrogens (tertiary/aromatic N) is 2. The lowest BCUT2D eigenvalue weighted by atomic mass is 9.47. The number of fused-ring (bicyclic) bond motifs is 18. The molecule has 14 rings (SSSR count). The summed E-state index contributed by atoms with van der Waals surface area (Å²) in [6.07, 6.45) is 0. The van der Waals surface area contributed by atoms with Gasteiger partial charge in [0.1, 0.15) is 11.2 Å². The Morgan fingerprint density at radius 2 is 1.19 bits per heavy atom. The van der Waals surface area contributed by atoms with Crippen molar-refractivity contribution in [3.8, 4) is 27.9 Å². The van der Waals surface area contributed by atoms with Crippen molar-refractivity contribution in [1.29, 1.82) is 0 Å². The molecule has 6 heteroatoms. The number of anilines is 2. The maximum atomic E-state index is 7.30. The van der Waals surface area contributed by atoms with Gasteiger partial charge in [-0.2, -0.15) is 0 Å². The zero-order chi connectivity index (χ0) is 46.3. The van der Waals surface area contributed by atoms with Crippen molar-refractivity contribution in [2.45, 2.75) is 78.6 Å². The zero-order valence-electron chi connectivity index (χ0n) is 40.1. The Labute approximate surface area is 405 Å². The summed E-state index contributed by atoms with van der Waals surface area (Å²) in [4.78, 5) is 2.72. The summed E-state index contributed by atoms with van der Waals surface area (Å²) in [7, 11) is 0. The van der Waals surface area contributed by atoms with Crippen LogP contribution in [0.15, 0.2) is 150 Å². The molecule has 3 nitrogen and oxygen atoms in total. The molecule has 12 aromatic rings. The average Bonchev–Trinajstić information content (AvgIpc) is 4.08. The molecular formula is C62H51BN2OS2. The fraction of sp³-hybridized carbons (Fsp3) is 0.194. The van der Waals surface area contributed by atoms with Gasteiger partial charge in [-0.15, -0.1) is 22.7 Å². The fourth-order valence-corrected chi connectivity index (χ4v) is 14.1. The summed E-state index contributed by atoms with van der Waals surface area (Å²) >= 11 is 3.89. The second-order valence-electron chi connectivity index (χ2n) is 22.5. The molecule has 0 aliphatic carbocycles. The van der Waals surface area contributed by atoms with E-state index in [-0.39, 0.29) is 23.1 Å². The van der Waals surface area contributed by atoms with Crippen LogP contribution >= 0.6 is 22.7 Å². The van der Waals surface area contributed by atoms with E-state index in [9.17, 15) is 0 Å². The van der Waals surface area contributed by atoms with Gasteiger partial charge in [0.05, 0.1) is 22.1 Å². The van der Waals surface area contributed by atoms with E-state index in [1.165, 1.54) is 124 Å². The third-order valence-electron chi connectivity index (χ3n) is 15.2. The molecular weight excluding hydrogens is 864 g/mol. The normalized spacial score (nSPS) is 13.9. The minimum atomic E-state index is -0.125. The first-order valence-electron chi connectivity index (χ1n) is 24.1. The van der Waals surface area contributed by atoms with Crippen LogP contribution in [0.25, 0.3) is 102 Å². The van der Waals surface area contributed by atoms with E-state index in [0.29, 0.717) is 0 Å². The molecule has 0 spiro atoms. The number of aromatic nitrogens is 1. The first kappa shape index (κ1) is 40.5. The Morgan fingerprint density at radius 3 is 1.96 bits per heavy atom. The highest BCUT2D eigenvalue weighted by Gasteiger charge is 2.48. The summed E-state index contributed by atoms with van der Waals surface area (Å²) in [6, 6.07) is 55.8. The number of hydrogen-bond donors (Lipinski definition) is 0. The molecule has 330 valence electrons. The van der Waals surface area contributed by atoms with Crippen LogP contribution in [0.5, 0.6) is 0 Å². The second kappa shape index (κ2) is 13.6. The fourth-order valence-electron chi connectivity index (χ4n) is 11.7. The molecule has 2 aliphatic heterocycles. The monoisotopic (exact) mass is 914 g/mol. The number of hydrogen-bond acceptors (Lipinski definition) is 4. The van der Waals surface area contributed by atoms with Crippen LogP contribution in [0.2, 0.25) is 0 Å². The van der Waals surface area contributed by atoms with E-state index >= 15 is 0 Å². The molecule has 0 saturated carbocycles. The van der Waals surface area contributed by atoms with Crippen LogP contribution in [0.3, 0.4) is 0 Å². The zero-order valence-corrected chi connectivity index (χ0v) is 41.7. The third kappa shape index (κ3) is 5.53. The van der Waals surface area contributed by atoms with Crippen LogP contribution in [0.1, 0.15) is 79.0 Å². The third-order valence-corrected chi connectivity index (χ3v) is 17.6. The molecule has 2 aliphatic rings. The summed E-state index contributed by atoms with van der Waals surface area (Å²) in [6.45, 7) is 20.7.